The highest BCUT2D eigenvalue weighted by Gasteiger charge is 2.21. The van der Waals surface area contributed by atoms with Crippen LogP contribution in [-0.4, -0.2) is 35.0 Å². The number of hydrogen-bond donors (Lipinski definition) is 3. The Bertz CT molecular complexity index is 469. The topological polar surface area (TPSA) is 87.0 Å². The fraction of sp³-hybridized carbons (Fsp3) is 0.438. The van der Waals surface area contributed by atoms with E-state index in [9.17, 15) is 15.0 Å². The minimum absolute atomic E-state index is 0.0787. The number of rotatable bonds is 9. The number of ether oxygens (including phenoxy) is 1. The molecular weight excluding hydrogens is 272 g/mol. The molecule has 0 amide bonds. The molecule has 116 valence electrons. The van der Waals surface area contributed by atoms with Gasteiger partial charge in [-0.25, -0.2) is 0 Å². The van der Waals surface area contributed by atoms with Crippen molar-refractivity contribution in [1.29, 1.82) is 0 Å². The molecule has 5 heteroatoms. The highest BCUT2D eigenvalue weighted by molar-refractivity contribution is 5.66. The Morgan fingerprint density at radius 2 is 2.05 bits per heavy atom. The number of allylic oxidation sites excluding steroid dienone is 2. The summed E-state index contributed by atoms with van der Waals surface area (Å²) in [6.07, 6.45) is 3.70. The van der Waals surface area contributed by atoms with Gasteiger partial charge in [-0.15, -0.1) is 0 Å². The van der Waals surface area contributed by atoms with Crippen LogP contribution in [0, 0.1) is 5.92 Å². The van der Waals surface area contributed by atoms with Crippen LogP contribution in [0.15, 0.2) is 36.4 Å². The molecule has 1 aromatic rings. The first-order valence-corrected chi connectivity index (χ1v) is 6.88. The summed E-state index contributed by atoms with van der Waals surface area (Å²) >= 11 is 0. The lowest BCUT2D eigenvalue weighted by atomic mass is 9.92. The second-order valence-corrected chi connectivity index (χ2v) is 4.77. The van der Waals surface area contributed by atoms with Gasteiger partial charge < -0.3 is 20.1 Å². The maximum atomic E-state index is 10.4. The lowest BCUT2D eigenvalue weighted by Crippen LogP contribution is -2.16. The molecule has 0 aliphatic carbocycles. The van der Waals surface area contributed by atoms with Crippen LogP contribution in [0.3, 0.4) is 0 Å². The van der Waals surface area contributed by atoms with Crippen LogP contribution in [-0.2, 0) is 4.79 Å². The Labute approximate surface area is 124 Å². The molecule has 0 spiro atoms. The minimum atomic E-state index is -0.840. The van der Waals surface area contributed by atoms with Gasteiger partial charge in [0, 0.05) is 24.5 Å². The van der Waals surface area contributed by atoms with Crippen LogP contribution in [0.2, 0.25) is 0 Å². The van der Waals surface area contributed by atoms with Gasteiger partial charge in [-0.2, -0.15) is 0 Å². The molecule has 0 aliphatic heterocycles. The third-order valence-electron chi connectivity index (χ3n) is 3.27. The van der Waals surface area contributed by atoms with Crippen LogP contribution in [0.25, 0.3) is 0 Å². The molecule has 21 heavy (non-hydrogen) atoms. The quantitative estimate of drug-likeness (QED) is 0.607. The van der Waals surface area contributed by atoms with Gasteiger partial charge in [-0.3, -0.25) is 4.79 Å². The van der Waals surface area contributed by atoms with E-state index in [4.69, 9.17) is 9.84 Å². The van der Waals surface area contributed by atoms with E-state index >= 15 is 0 Å². The molecule has 0 saturated carbocycles. The van der Waals surface area contributed by atoms with Gasteiger partial charge >= 0.3 is 5.97 Å². The zero-order chi connectivity index (χ0) is 15.7. The molecule has 2 atom stereocenters. The Balaban J connectivity index is 2.64. The van der Waals surface area contributed by atoms with Gasteiger partial charge in [0.15, 0.2) is 0 Å². The molecule has 0 aromatic heterocycles. The van der Waals surface area contributed by atoms with Gasteiger partial charge in [-0.05, 0) is 18.9 Å². The smallest absolute Gasteiger partial charge is 0.303 e. The highest BCUT2D eigenvalue weighted by Crippen LogP contribution is 2.31. The number of carboxylic acids is 1. The Morgan fingerprint density at radius 3 is 2.67 bits per heavy atom. The molecule has 0 saturated heterocycles. The molecule has 1 rings (SSSR count). The molecule has 3 N–H and O–H groups in total. The minimum Gasteiger partial charge on any atom is -0.496 e. The number of aliphatic hydroxyl groups is 2. The molecule has 1 aromatic carbocycles. The van der Waals surface area contributed by atoms with Crippen LogP contribution < -0.4 is 4.74 Å². The van der Waals surface area contributed by atoms with Crippen molar-refractivity contribution < 1.29 is 24.9 Å². The second-order valence-electron chi connectivity index (χ2n) is 4.77. The normalized spacial score (nSPS) is 14.0. The zero-order valence-electron chi connectivity index (χ0n) is 12.1. The lowest BCUT2D eigenvalue weighted by Gasteiger charge is -2.21. The van der Waals surface area contributed by atoms with Crippen molar-refractivity contribution in [3.63, 3.8) is 0 Å². The van der Waals surface area contributed by atoms with Gasteiger partial charge in [0.25, 0.3) is 0 Å². The van der Waals surface area contributed by atoms with Gasteiger partial charge in [0.2, 0.25) is 0 Å². The molecule has 0 radical (unpaired) electrons. The largest absolute Gasteiger partial charge is 0.496 e. The summed E-state index contributed by atoms with van der Waals surface area (Å²) in [5.41, 5.74) is 0.637. The van der Waals surface area contributed by atoms with Gasteiger partial charge in [-0.1, -0.05) is 30.4 Å². The number of aliphatic carboxylic acids is 1. The zero-order valence-corrected chi connectivity index (χ0v) is 12.1. The van der Waals surface area contributed by atoms with Crippen molar-refractivity contribution >= 4 is 5.97 Å². The highest BCUT2D eigenvalue weighted by atomic mass is 16.5. The maximum Gasteiger partial charge on any atom is 0.303 e. The van der Waals surface area contributed by atoms with E-state index in [1.165, 1.54) is 7.11 Å². The summed E-state index contributed by atoms with van der Waals surface area (Å²) in [7, 11) is 1.53. The fourth-order valence-corrected chi connectivity index (χ4v) is 2.06. The summed E-state index contributed by atoms with van der Waals surface area (Å²) in [5.74, 6) is -0.618. The fourth-order valence-electron chi connectivity index (χ4n) is 2.06. The summed E-state index contributed by atoms with van der Waals surface area (Å²) in [6.45, 7) is -0.164. The predicted octanol–water partition coefficient (Wildman–Crippen LogP) is 2.15. The van der Waals surface area contributed by atoms with E-state index in [1.807, 2.05) is 6.07 Å². The van der Waals surface area contributed by atoms with E-state index in [1.54, 1.807) is 30.4 Å². The number of aliphatic hydroxyl groups excluding tert-OH is 2. The first-order valence-electron chi connectivity index (χ1n) is 6.88. The van der Waals surface area contributed by atoms with Crippen molar-refractivity contribution in [2.24, 2.45) is 5.92 Å². The average molecular weight is 294 g/mol. The maximum absolute atomic E-state index is 10.4. The third kappa shape index (κ3) is 5.57. The van der Waals surface area contributed by atoms with Crippen molar-refractivity contribution in [2.45, 2.75) is 25.4 Å². The summed E-state index contributed by atoms with van der Waals surface area (Å²) in [6, 6.07) is 7.14. The second kappa shape index (κ2) is 9.15. The van der Waals surface area contributed by atoms with E-state index in [0.29, 0.717) is 24.2 Å². The summed E-state index contributed by atoms with van der Waals surface area (Å²) in [4.78, 5) is 10.4. The van der Waals surface area contributed by atoms with Crippen molar-refractivity contribution in [2.75, 3.05) is 13.7 Å². The standard InChI is InChI=1S/C16H22O5/c1-21-14-9-6-5-8-13(14)16(20)12(11-17)7-3-2-4-10-15(18)19/h2-3,5-6,8-9,12,16-17,20H,4,7,10-11H2,1H3,(H,18,19)/t12-,16-/m1/s1. The number of benzene rings is 1. The van der Waals surface area contributed by atoms with E-state index in [-0.39, 0.29) is 18.9 Å². The van der Waals surface area contributed by atoms with Gasteiger partial charge in [0.05, 0.1) is 13.2 Å². The van der Waals surface area contributed by atoms with Crippen LogP contribution in [0.1, 0.15) is 30.9 Å². The van der Waals surface area contributed by atoms with Crippen molar-refractivity contribution in [3.8, 4) is 5.75 Å². The monoisotopic (exact) mass is 294 g/mol. The Hall–Kier alpha value is -1.85. The first-order chi connectivity index (χ1) is 10.1. The molecule has 0 unspecified atom stereocenters. The van der Waals surface area contributed by atoms with E-state index in [2.05, 4.69) is 0 Å². The van der Waals surface area contributed by atoms with Gasteiger partial charge in [0.1, 0.15) is 5.75 Å². The van der Waals surface area contributed by atoms with E-state index < -0.39 is 12.1 Å². The van der Waals surface area contributed by atoms with Crippen molar-refractivity contribution in [3.05, 3.63) is 42.0 Å². The molecule has 5 nitrogen and oxygen atoms in total. The van der Waals surface area contributed by atoms with E-state index in [0.717, 1.165) is 0 Å². The third-order valence-corrected chi connectivity index (χ3v) is 3.27. The number of para-hydroxylation sites is 1. The molecule has 0 fully saturated rings. The van der Waals surface area contributed by atoms with Crippen LogP contribution >= 0.6 is 0 Å². The molecule has 0 aliphatic rings. The molecule has 0 heterocycles. The predicted molar refractivity (Wildman–Crippen MR) is 79.2 cm³/mol. The van der Waals surface area contributed by atoms with Crippen LogP contribution in [0.4, 0.5) is 0 Å². The number of carboxylic acid groups (broad SMARTS) is 1. The number of hydrogen-bond acceptors (Lipinski definition) is 4. The Morgan fingerprint density at radius 1 is 1.33 bits per heavy atom. The average Bonchev–Trinajstić information content (AvgIpc) is 2.50. The van der Waals surface area contributed by atoms with Crippen LogP contribution in [0.5, 0.6) is 5.75 Å². The lowest BCUT2D eigenvalue weighted by molar-refractivity contribution is -0.136. The SMILES string of the molecule is COc1ccccc1[C@H](O)[C@@H](CO)CC=CCCC(=O)O. The number of methoxy groups -OCH3 is 1. The Kier molecular flexibility index (Phi) is 7.50. The molecular formula is C16H22O5. The summed E-state index contributed by atoms with van der Waals surface area (Å²) in [5, 5.41) is 28.3. The van der Waals surface area contributed by atoms with Crippen molar-refractivity contribution in [1.82, 2.24) is 0 Å². The first kappa shape index (κ1) is 17.2. The summed E-state index contributed by atoms with van der Waals surface area (Å²) < 4.78 is 5.21. The molecule has 0 bridgehead atoms. The number of carbonyl (C=O) groups is 1.